The first-order valence-electron chi connectivity index (χ1n) is 8.33. The molecule has 6 nitrogen and oxygen atoms in total. The summed E-state index contributed by atoms with van der Waals surface area (Å²) >= 11 is 5.91. The molecule has 0 aliphatic heterocycles. The number of anilines is 1. The Bertz CT molecular complexity index is 1140. The lowest BCUT2D eigenvalue weighted by atomic mass is 10.2. The Hall–Kier alpha value is -3.45. The van der Waals surface area contributed by atoms with Crippen LogP contribution >= 0.6 is 11.6 Å². The minimum atomic E-state index is -0.379. The maximum absolute atomic E-state index is 13.2. The summed E-state index contributed by atoms with van der Waals surface area (Å²) in [7, 11) is 1.59. The number of halogens is 2. The summed E-state index contributed by atoms with van der Waals surface area (Å²) < 4.78 is 20.6. The number of ether oxygens (including phenoxy) is 1. The maximum Gasteiger partial charge on any atom is 0.280 e. The standard InChI is InChI=1S/C20H14ClFN4O2/c1-25(15-7-5-14(22)6-8-15)19(27)17-18(24-20-23-11-2-12-26(17)20)28-16-9-3-13(21)4-10-16/h2-12H,1H3. The number of nitrogens with zero attached hydrogens (tertiary/aromatic N) is 4. The monoisotopic (exact) mass is 396 g/mol. The molecular formula is C20H14ClFN4O2. The zero-order valence-corrected chi connectivity index (χ0v) is 15.5. The summed E-state index contributed by atoms with van der Waals surface area (Å²) in [6, 6.07) is 14.0. The van der Waals surface area contributed by atoms with Crippen molar-refractivity contribution in [2.75, 3.05) is 11.9 Å². The number of carbonyl (C=O) groups is 1. The molecule has 2 aromatic heterocycles. The van der Waals surface area contributed by atoms with E-state index in [1.165, 1.54) is 29.2 Å². The molecule has 0 spiro atoms. The van der Waals surface area contributed by atoms with Crippen molar-refractivity contribution in [1.29, 1.82) is 0 Å². The van der Waals surface area contributed by atoms with E-state index < -0.39 is 0 Å². The quantitative estimate of drug-likeness (QED) is 0.506. The summed E-state index contributed by atoms with van der Waals surface area (Å²) in [4.78, 5) is 23.1. The second kappa shape index (κ2) is 7.28. The number of hydrogen-bond donors (Lipinski definition) is 0. The third-order valence-electron chi connectivity index (χ3n) is 4.12. The largest absolute Gasteiger partial charge is 0.437 e. The number of aromatic nitrogens is 3. The molecule has 4 aromatic rings. The molecule has 0 N–H and O–H groups in total. The average Bonchev–Trinajstić information content (AvgIpc) is 3.07. The first-order valence-corrected chi connectivity index (χ1v) is 8.71. The highest BCUT2D eigenvalue weighted by Crippen LogP contribution is 2.28. The van der Waals surface area contributed by atoms with Gasteiger partial charge < -0.3 is 9.64 Å². The Morgan fingerprint density at radius 1 is 1.14 bits per heavy atom. The van der Waals surface area contributed by atoms with E-state index in [1.807, 2.05) is 0 Å². The number of benzene rings is 2. The molecule has 2 aromatic carbocycles. The van der Waals surface area contributed by atoms with E-state index in [4.69, 9.17) is 16.3 Å². The molecule has 0 aliphatic carbocycles. The fraction of sp³-hybridized carbons (Fsp3) is 0.0500. The third kappa shape index (κ3) is 3.39. The van der Waals surface area contributed by atoms with Gasteiger partial charge in [0.2, 0.25) is 5.78 Å². The molecule has 0 radical (unpaired) electrons. The molecule has 8 heteroatoms. The van der Waals surface area contributed by atoms with Crippen molar-refractivity contribution >= 4 is 29.0 Å². The van der Waals surface area contributed by atoms with E-state index in [-0.39, 0.29) is 23.3 Å². The van der Waals surface area contributed by atoms with Crippen LogP contribution in [0.25, 0.3) is 5.78 Å². The van der Waals surface area contributed by atoms with Crippen LogP contribution in [0.15, 0.2) is 67.0 Å². The molecule has 4 rings (SSSR count). The number of hydrogen-bond acceptors (Lipinski definition) is 4. The van der Waals surface area contributed by atoms with Gasteiger partial charge in [0.1, 0.15) is 11.6 Å². The second-order valence-electron chi connectivity index (χ2n) is 5.95. The molecule has 0 bridgehead atoms. The van der Waals surface area contributed by atoms with Crippen LogP contribution in [0.4, 0.5) is 10.1 Å². The highest BCUT2D eigenvalue weighted by molar-refractivity contribution is 6.30. The van der Waals surface area contributed by atoms with E-state index in [1.54, 1.807) is 54.2 Å². The van der Waals surface area contributed by atoms with Gasteiger partial charge in [-0.2, -0.15) is 4.98 Å². The van der Waals surface area contributed by atoms with Crippen molar-refractivity contribution in [2.24, 2.45) is 0 Å². The predicted octanol–water partition coefficient (Wildman–Crippen LogP) is 4.59. The normalized spacial score (nSPS) is 10.8. The van der Waals surface area contributed by atoms with Gasteiger partial charge in [-0.25, -0.2) is 9.37 Å². The molecule has 0 aliphatic rings. The van der Waals surface area contributed by atoms with Gasteiger partial charge in [0.15, 0.2) is 5.69 Å². The van der Waals surface area contributed by atoms with Crippen LogP contribution in [0, 0.1) is 5.82 Å². The molecule has 0 saturated carbocycles. The van der Waals surface area contributed by atoms with Crippen LogP contribution < -0.4 is 9.64 Å². The predicted molar refractivity (Wildman–Crippen MR) is 104 cm³/mol. The molecule has 140 valence electrons. The van der Waals surface area contributed by atoms with E-state index >= 15 is 0 Å². The van der Waals surface area contributed by atoms with Crippen molar-refractivity contribution in [3.05, 3.63) is 83.5 Å². The zero-order chi connectivity index (χ0) is 19.7. The minimum absolute atomic E-state index is 0.111. The lowest BCUT2D eigenvalue weighted by Crippen LogP contribution is -2.27. The first-order chi connectivity index (χ1) is 13.5. The Morgan fingerprint density at radius 3 is 2.57 bits per heavy atom. The summed E-state index contributed by atoms with van der Waals surface area (Å²) in [5.41, 5.74) is 0.729. The first kappa shape index (κ1) is 17.9. The second-order valence-corrected chi connectivity index (χ2v) is 6.39. The van der Waals surface area contributed by atoms with Crippen molar-refractivity contribution in [2.45, 2.75) is 0 Å². The fourth-order valence-corrected chi connectivity index (χ4v) is 2.81. The number of carbonyl (C=O) groups excluding carboxylic acids is 1. The van der Waals surface area contributed by atoms with Gasteiger partial charge in [0, 0.05) is 30.2 Å². The van der Waals surface area contributed by atoms with Crippen molar-refractivity contribution < 1.29 is 13.9 Å². The van der Waals surface area contributed by atoms with Crippen LogP contribution in [-0.2, 0) is 0 Å². The van der Waals surface area contributed by atoms with Gasteiger partial charge in [0.25, 0.3) is 11.8 Å². The Labute approximate surface area is 164 Å². The van der Waals surface area contributed by atoms with E-state index in [2.05, 4.69) is 9.97 Å². The van der Waals surface area contributed by atoms with Crippen molar-refractivity contribution in [3.63, 3.8) is 0 Å². The lowest BCUT2D eigenvalue weighted by Gasteiger charge is -2.17. The number of imidazole rings is 1. The summed E-state index contributed by atoms with van der Waals surface area (Å²) in [6.45, 7) is 0. The number of fused-ring (bicyclic) bond motifs is 1. The Kier molecular flexibility index (Phi) is 4.67. The highest BCUT2D eigenvalue weighted by atomic mass is 35.5. The van der Waals surface area contributed by atoms with Crippen LogP contribution in [0.5, 0.6) is 11.6 Å². The van der Waals surface area contributed by atoms with Gasteiger partial charge in [-0.05, 0) is 54.6 Å². The smallest absolute Gasteiger partial charge is 0.280 e. The Morgan fingerprint density at radius 2 is 1.86 bits per heavy atom. The molecule has 0 saturated heterocycles. The van der Waals surface area contributed by atoms with Gasteiger partial charge in [-0.1, -0.05) is 11.6 Å². The van der Waals surface area contributed by atoms with Gasteiger partial charge >= 0.3 is 0 Å². The zero-order valence-electron chi connectivity index (χ0n) is 14.7. The Balaban J connectivity index is 1.76. The van der Waals surface area contributed by atoms with Crippen LogP contribution in [0.1, 0.15) is 10.5 Å². The SMILES string of the molecule is CN(C(=O)c1c(Oc2ccc(Cl)cc2)nc2ncccn12)c1ccc(F)cc1. The van der Waals surface area contributed by atoms with E-state index in [0.717, 1.165) is 0 Å². The molecule has 2 heterocycles. The molecule has 28 heavy (non-hydrogen) atoms. The summed E-state index contributed by atoms with van der Waals surface area (Å²) in [6.07, 6.45) is 3.25. The van der Waals surface area contributed by atoms with Crippen LogP contribution in [-0.4, -0.2) is 27.3 Å². The fourth-order valence-electron chi connectivity index (χ4n) is 2.69. The lowest BCUT2D eigenvalue weighted by molar-refractivity contribution is 0.0985. The van der Waals surface area contributed by atoms with Crippen molar-refractivity contribution in [3.8, 4) is 11.6 Å². The maximum atomic E-state index is 13.2. The van der Waals surface area contributed by atoms with E-state index in [0.29, 0.717) is 22.2 Å². The summed E-state index contributed by atoms with van der Waals surface area (Å²) in [5, 5.41) is 0.566. The molecular weight excluding hydrogens is 383 g/mol. The van der Waals surface area contributed by atoms with Gasteiger partial charge in [-0.3, -0.25) is 9.20 Å². The van der Waals surface area contributed by atoms with Crippen LogP contribution in [0.3, 0.4) is 0 Å². The number of amides is 1. The van der Waals surface area contributed by atoms with E-state index in [9.17, 15) is 9.18 Å². The van der Waals surface area contributed by atoms with Gasteiger partial charge in [-0.15, -0.1) is 0 Å². The minimum Gasteiger partial charge on any atom is -0.437 e. The third-order valence-corrected chi connectivity index (χ3v) is 4.37. The van der Waals surface area contributed by atoms with Crippen LogP contribution in [0.2, 0.25) is 5.02 Å². The topological polar surface area (TPSA) is 59.7 Å². The molecule has 0 unspecified atom stereocenters. The van der Waals surface area contributed by atoms with Gasteiger partial charge in [0.05, 0.1) is 0 Å². The molecule has 0 fully saturated rings. The molecule has 1 amide bonds. The average molecular weight is 397 g/mol. The molecule has 0 atom stereocenters. The van der Waals surface area contributed by atoms with Crippen molar-refractivity contribution in [1.82, 2.24) is 14.4 Å². The highest BCUT2D eigenvalue weighted by Gasteiger charge is 2.25. The summed E-state index contributed by atoms with van der Waals surface area (Å²) in [5.74, 6) is 0.153. The number of rotatable bonds is 4.